The number of hydrogen-bond donors (Lipinski definition) is 2. The van der Waals surface area contributed by atoms with Gasteiger partial charge in [-0.05, 0) is 62.5 Å². The average Bonchev–Trinajstić information content (AvgIpc) is 3.07. The van der Waals surface area contributed by atoms with Crippen molar-refractivity contribution < 1.29 is 24.5 Å². The summed E-state index contributed by atoms with van der Waals surface area (Å²) in [5.41, 5.74) is 1.11. The fourth-order valence-corrected chi connectivity index (χ4v) is 2.68. The van der Waals surface area contributed by atoms with Crippen molar-refractivity contribution in [3.05, 3.63) is 41.4 Å². The van der Waals surface area contributed by atoms with Crippen molar-refractivity contribution in [1.29, 1.82) is 0 Å². The number of carboxylic acid groups (broad SMARTS) is 2. The van der Waals surface area contributed by atoms with Crippen LogP contribution in [0.1, 0.15) is 24.8 Å². The number of aliphatic carboxylic acids is 2. The zero-order valence-electron chi connectivity index (χ0n) is 14.1. The number of benzene rings is 1. The molecule has 0 bridgehead atoms. The van der Waals surface area contributed by atoms with Crippen LogP contribution in [-0.4, -0.2) is 53.3 Å². The molecule has 1 saturated heterocycles. The molecule has 1 fully saturated rings. The second kappa shape index (κ2) is 11.5. The van der Waals surface area contributed by atoms with Crippen molar-refractivity contribution in [2.45, 2.75) is 25.7 Å². The van der Waals surface area contributed by atoms with E-state index < -0.39 is 11.9 Å². The van der Waals surface area contributed by atoms with Gasteiger partial charge in [0.25, 0.3) is 0 Å². The van der Waals surface area contributed by atoms with E-state index in [2.05, 4.69) is 11.5 Å². The lowest BCUT2D eigenvalue weighted by Gasteiger charge is -2.15. The van der Waals surface area contributed by atoms with E-state index >= 15 is 0 Å². The van der Waals surface area contributed by atoms with E-state index in [9.17, 15) is 0 Å². The Balaban J connectivity index is 0.000000450. The molecule has 7 heteroatoms. The van der Waals surface area contributed by atoms with E-state index in [1.807, 2.05) is 24.3 Å². The quantitative estimate of drug-likeness (QED) is 0.436. The molecule has 1 aliphatic heterocycles. The van der Waals surface area contributed by atoms with E-state index in [4.69, 9.17) is 36.1 Å². The third kappa shape index (κ3) is 8.56. The summed E-state index contributed by atoms with van der Waals surface area (Å²) < 4.78 is 5.87. The lowest BCUT2D eigenvalue weighted by atomic mass is 10.1. The number of carbonyl (C=O) groups is 2. The molecule has 6 nitrogen and oxygen atoms in total. The molecule has 2 N–H and O–H groups in total. The Hall–Kier alpha value is -2.05. The molecular weight excluding hydrogens is 346 g/mol. The Morgan fingerprint density at radius 1 is 1.24 bits per heavy atom. The first kappa shape index (κ1) is 21.0. The van der Waals surface area contributed by atoms with Crippen molar-refractivity contribution in [2.75, 3.05) is 26.2 Å². The van der Waals surface area contributed by atoms with E-state index in [0.29, 0.717) is 0 Å². The van der Waals surface area contributed by atoms with Crippen molar-refractivity contribution in [3.63, 3.8) is 0 Å². The molecule has 1 aliphatic rings. The molecule has 0 saturated carbocycles. The highest BCUT2D eigenvalue weighted by molar-refractivity contribution is 6.30. The Kier molecular flexibility index (Phi) is 9.65. The summed E-state index contributed by atoms with van der Waals surface area (Å²) in [5, 5.41) is 15.5. The predicted molar refractivity (Wildman–Crippen MR) is 96.4 cm³/mol. The summed E-state index contributed by atoms with van der Waals surface area (Å²) in [6.45, 7) is 8.18. The summed E-state index contributed by atoms with van der Waals surface area (Å²) in [7, 11) is 0. The number of carboxylic acids is 2. The van der Waals surface area contributed by atoms with Gasteiger partial charge >= 0.3 is 11.9 Å². The molecule has 0 atom stereocenters. The predicted octanol–water partition coefficient (Wildman–Crippen LogP) is 3.09. The zero-order chi connectivity index (χ0) is 18.7. The van der Waals surface area contributed by atoms with Gasteiger partial charge in [-0.1, -0.05) is 17.7 Å². The molecule has 0 aliphatic carbocycles. The maximum atomic E-state index is 9.10. The minimum atomic E-state index is -1.82. The van der Waals surface area contributed by atoms with Crippen LogP contribution in [0.4, 0.5) is 0 Å². The number of rotatable bonds is 7. The smallest absolute Gasteiger partial charge is 0.414 e. The summed E-state index contributed by atoms with van der Waals surface area (Å²) in [6, 6.07) is 5.79. The number of nitrogens with zero attached hydrogens (tertiary/aromatic N) is 1. The topological polar surface area (TPSA) is 87.1 Å². The number of allylic oxidation sites excluding steroid dienone is 1. The second-order valence-corrected chi connectivity index (χ2v) is 6.04. The Bertz CT molecular complexity index is 573. The van der Waals surface area contributed by atoms with E-state index in [1.54, 1.807) is 0 Å². The van der Waals surface area contributed by atoms with Crippen LogP contribution >= 0.6 is 11.6 Å². The van der Waals surface area contributed by atoms with Crippen molar-refractivity contribution in [1.82, 2.24) is 4.90 Å². The first-order valence-corrected chi connectivity index (χ1v) is 8.52. The van der Waals surface area contributed by atoms with Gasteiger partial charge in [-0.25, -0.2) is 9.59 Å². The molecule has 1 aromatic rings. The first-order valence-electron chi connectivity index (χ1n) is 8.14. The number of halogens is 1. The van der Waals surface area contributed by atoms with Crippen molar-refractivity contribution in [3.8, 4) is 5.75 Å². The fourth-order valence-electron chi connectivity index (χ4n) is 2.48. The molecule has 1 heterocycles. The lowest BCUT2D eigenvalue weighted by Crippen LogP contribution is -2.22. The average molecular weight is 370 g/mol. The Labute approximate surface area is 152 Å². The van der Waals surface area contributed by atoms with Gasteiger partial charge in [-0.2, -0.15) is 0 Å². The van der Waals surface area contributed by atoms with Gasteiger partial charge in [0.2, 0.25) is 0 Å². The zero-order valence-corrected chi connectivity index (χ0v) is 14.9. The van der Waals surface area contributed by atoms with E-state index in [1.165, 1.54) is 25.9 Å². The SMILES string of the molecule is C=CCc1cc(Cl)ccc1OCCCN1CCCC1.O=C(O)C(=O)O. The highest BCUT2D eigenvalue weighted by atomic mass is 35.5. The molecule has 0 radical (unpaired) electrons. The van der Waals surface area contributed by atoms with Gasteiger partial charge in [0.1, 0.15) is 5.75 Å². The molecule has 0 aromatic heterocycles. The minimum Gasteiger partial charge on any atom is -0.493 e. The molecule has 0 unspecified atom stereocenters. The van der Waals surface area contributed by atoms with Gasteiger partial charge in [-0.15, -0.1) is 6.58 Å². The maximum absolute atomic E-state index is 9.10. The highest BCUT2D eigenvalue weighted by Crippen LogP contribution is 2.23. The first-order chi connectivity index (χ1) is 11.9. The van der Waals surface area contributed by atoms with E-state index in [0.717, 1.165) is 42.3 Å². The van der Waals surface area contributed by atoms with Gasteiger partial charge in [-0.3, -0.25) is 0 Å². The fraction of sp³-hybridized carbons (Fsp3) is 0.444. The van der Waals surface area contributed by atoms with Crippen molar-refractivity contribution >= 4 is 23.5 Å². The third-order valence-corrected chi connectivity index (χ3v) is 3.88. The van der Waals surface area contributed by atoms with Crippen LogP contribution in [0.2, 0.25) is 5.02 Å². The number of likely N-dealkylation sites (tertiary alicyclic amines) is 1. The van der Waals surface area contributed by atoms with Crippen molar-refractivity contribution in [2.24, 2.45) is 0 Å². The van der Waals surface area contributed by atoms with Crippen LogP contribution in [0.3, 0.4) is 0 Å². The third-order valence-electron chi connectivity index (χ3n) is 3.64. The van der Waals surface area contributed by atoms with Gasteiger partial charge in [0.15, 0.2) is 0 Å². The molecular formula is C18H24ClNO5. The normalized spacial score (nSPS) is 13.6. The van der Waals surface area contributed by atoms with E-state index in [-0.39, 0.29) is 0 Å². The Morgan fingerprint density at radius 3 is 2.44 bits per heavy atom. The minimum absolute atomic E-state index is 0.751. The summed E-state index contributed by atoms with van der Waals surface area (Å²) in [5.74, 6) is -2.71. The molecule has 2 rings (SSSR count). The Morgan fingerprint density at radius 2 is 1.88 bits per heavy atom. The lowest BCUT2D eigenvalue weighted by molar-refractivity contribution is -0.159. The molecule has 0 amide bonds. The van der Waals surface area contributed by atoms with Gasteiger partial charge < -0.3 is 19.8 Å². The van der Waals surface area contributed by atoms with Crippen LogP contribution in [0.15, 0.2) is 30.9 Å². The highest BCUT2D eigenvalue weighted by Gasteiger charge is 2.10. The van der Waals surface area contributed by atoms with Crippen LogP contribution in [0.25, 0.3) is 0 Å². The van der Waals surface area contributed by atoms with Gasteiger partial charge in [0.05, 0.1) is 6.61 Å². The van der Waals surface area contributed by atoms with Crippen LogP contribution in [0.5, 0.6) is 5.75 Å². The molecule has 1 aromatic carbocycles. The van der Waals surface area contributed by atoms with Gasteiger partial charge in [0, 0.05) is 11.6 Å². The number of ether oxygens (including phenoxy) is 1. The second-order valence-electron chi connectivity index (χ2n) is 5.61. The van der Waals surface area contributed by atoms with Crippen LogP contribution in [-0.2, 0) is 16.0 Å². The maximum Gasteiger partial charge on any atom is 0.414 e. The number of hydrogen-bond acceptors (Lipinski definition) is 4. The summed E-state index contributed by atoms with van der Waals surface area (Å²) >= 11 is 6.00. The largest absolute Gasteiger partial charge is 0.493 e. The molecule has 138 valence electrons. The summed E-state index contributed by atoms with van der Waals surface area (Å²) in [6.07, 6.45) is 6.45. The standard InChI is InChI=1S/C16H22ClNO.C2H2O4/c1-2-6-14-13-15(17)7-8-16(14)19-12-5-11-18-9-3-4-10-18;3-1(4)2(5)6/h2,7-8,13H,1,3-6,9-12H2;(H,3,4)(H,5,6). The van der Waals surface area contributed by atoms with Crippen LogP contribution < -0.4 is 4.74 Å². The van der Waals surface area contributed by atoms with Crippen LogP contribution in [0, 0.1) is 0 Å². The molecule has 0 spiro atoms. The molecule has 25 heavy (non-hydrogen) atoms. The monoisotopic (exact) mass is 369 g/mol. The summed E-state index contributed by atoms with van der Waals surface area (Å²) in [4.78, 5) is 20.7.